The van der Waals surface area contributed by atoms with Crippen LogP contribution in [0, 0.1) is 5.82 Å². The summed E-state index contributed by atoms with van der Waals surface area (Å²) < 4.78 is 12.9. The van der Waals surface area contributed by atoms with E-state index in [0.717, 1.165) is 0 Å². The summed E-state index contributed by atoms with van der Waals surface area (Å²) in [6, 6.07) is 4.14. The molecule has 1 N–H and O–H groups in total. The highest BCUT2D eigenvalue weighted by molar-refractivity contribution is 8.15. The van der Waals surface area contributed by atoms with Gasteiger partial charge in [0, 0.05) is 4.90 Å². The summed E-state index contributed by atoms with van der Waals surface area (Å²) in [5.74, 6) is -0.0866. The van der Waals surface area contributed by atoms with Crippen LogP contribution in [0.25, 0.3) is 0 Å². The van der Waals surface area contributed by atoms with Crippen LogP contribution < -0.4 is 0 Å². The van der Waals surface area contributed by atoms with Crippen LogP contribution in [-0.4, -0.2) is 17.6 Å². The second kappa shape index (κ2) is 3.13. The zero-order chi connectivity index (χ0) is 8.43. The predicted molar refractivity (Wildman–Crippen MR) is 47.2 cm³/mol. The highest BCUT2D eigenvalue weighted by Crippen LogP contribution is 2.32. The molecule has 3 heteroatoms. The van der Waals surface area contributed by atoms with Crippen molar-refractivity contribution >= 4 is 10.9 Å². The monoisotopic (exact) mass is 174 g/mol. The fourth-order valence-corrected chi connectivity index (χ4v) is 1.74. The van der Waals surface area contributed by atoms with Crippen molar-refractivity contribution in [3.63, 3.8) is 0 Å². The minimum absolute atomic E-state index is 0.137. The molecule has 1 rings (SSSR count). The minimum atomic E-state index is -0.468. The van der Waals surface area contributed by atoms with Gasteiger partial charge in [0.1, 0.15) is 11.6 Å². The molecule has 0 amide bonds. The van der Waals surface area contributed by atoms with Crippen molar-refractivity contribution in [2.75, 3.05) is 12.5 Å². The summed E-state index contributed by atoms with van der Waals surface area (Å²) in [7, 11) is -0.468. The fraction of sp³-hybridized carbons (Fsp3) is 0.250. The van der Waals surface area contributed by atoms with Gasteiger partial charge in [-0.15, -0.1) is 0 Å². The number of rotatable bonds is 1. The third-order valence-electron chi connectivity index (χ3n) is 1.41. The molecule has 0 aromatic heterocycles. The smallest absolute Gasteiger partial charge is 0.135 e. The first-order valence-electron chi connectivity index (χ1n) is 3.27. The van der Waals surface area contributed by atoms with E-state index in [2.05, 4.69) is 0 Å². The van der Waals surface area contributed by atoms with E-state index in [0.29, 0.717) is 4.90 Å². The lowest BCUT2D eigenvalue weighted by Gasteiger charge is -2.10. The molecule has 0 bridgehead atoms. The Hall–Kier alpha value is -0.700. The summed E-state index contributed by atoms with van der Waals surface area (Å²) in [4.78, 5) is 0.625. The Kier molecular flexibility index (Phi) is 2.39. The zero-order valence-electron chi connectivity index (χ0n) is 6.50. The lowest BCUT2D eigenvalue weighted by atomic mass is 10.3. The molecule has 0 aliphatic rings. The zero-order valence-corrected chi connectivity index (χ0v) is 7.40. The lowest BCUT2D eigenvalue weighted by Crippen LogP contribution is -1.84. The standard InChI is InChI=1S/C8H11FOS/c1-11(2)8-5-6(10)3-4-7(8)9/h3-5,10-11H,1-2H3. The van der Waals surface area contributed by atoms with Crippen LogP contribution in [0.4, 0.5) is 4.39 Å². The molecule has 0 heterocycles. The maximum absolute atomic E-state index is 12.9. The van der Waals surface area contributed by atoms with Gasteiger partial charge in [-0.3, -0.25) is 0 Å². The number of benzene rings is 1. The molecule has 0 radical (unpaired) electrons. The van der Waals surface area contributed by atoms with Crippen molar-refractivity contribution in [3.8, 4) is 5.75 Å². The topological polar surface area (TPSA) is 20.2 Å². The largest absolute Gasteiger partial charge is 0.508 e. The van der Waals surface area contributed by atoms with Crippen LogP contribution >= 0.6 is 10.9 Å². The van der Waals surface area contributed by atoms with Crippen molar-refractivity contribution in [2.24, 2.45) is 0 Å². The van der Waals surface area contributed by atoms with E-state index in [-0.39, 0.29) is 11.6 Å². The van der Waals surface area contributed by atoms with Gasteiger partial charge < -0.3 is 5.11 Å². The Bertz CT molecular complexity index is 260. The third kappa shape index (κ3) is 1.87. The van der Waals surface area contributed by atoms with E-state index in [1.54, 1.807) is 0 Å². The number of phenolic OH excluding ortho intramolecular Hbond substituents is 1. The SMILES string of the molecule is C[SH](C)c1cc(O)ccc1F. The molecular formula is C8H11FOS. The first-order valence-corrected chi connectivity index (χ1v) is 5.50. The van der Waals surface area contributed by atoms with Gasteiger partial charge in [0.05, 0.1) is 0 Å². The van der Waals surface area contributed by atoms with E-state index in [4.69, 9.17) is 5.11 Å². The van der Waals surface area contributed by atoms with Crippen LogP contribution in [0.5, 0.6) is 5.75 Å². The first kappa shape index (κ1) is 8.40. The van der Waals surface area contributed by atoms with E-state index in [9.17, 15) is 4.39 Å². The minimum Gasteiger partial charge on any atom is -0.508 e. The lowest BCUT2D eigenvalue weighted by molar-refractivity contribution is 0.469. The van der Waals surface area contributed by atoms with Crippen LogP contribution in [0.3, 0.4) is 0 Å². The van der Waals surface area contributed by atoms with E-state index in [1.165, 1.54) is 18.2 Å². The Labute approximate surface area is 68.2 Å². The summed E-state index contributed by atoms with van der Waals surface area (Å²) in [5.41, 5.74) is 0. The molecule has 1 aromatic carbocycles. The molecule has 0 aliphatic carbocycles. The summed E-state index contributed by atoms with van der Waals surface area (Å²) in [5, 5.41) is 9.03. The molecule has 0 atom stereocenters. The van der Waals surface area contributed by atoms with Gasteiger partial charge in [0.2, 0.25) is 0 Å². The molecule has 0 unspecified atom stereocenters. The highest BCUT2D eigenvalue weighted by atomic mass is 32.2. The number of thiol groups is 1. The van der Waals surface area contributed by atoms with Crippen LogP contribution in [0.15, 0.2) is 23.1 Å². The molecule has 0 fully saturated rings. The Morgan fingerprint density at radius 1 is 1.36 bits per heavy atom. The van der Waals surface area contributed by atoms with Gasteiger partial charge in [-0.05, 0) is 30.7 Å². The van der Waals surface area contributed by atoms with Gasteiger partial charge in [-0.1, -0.05) is 0 Å². The van der Waals surface area contributed by atoms with Crippen molar-refractivity contribution in [1.29, 1.82) is 0 Å². The van der Waals surface area contributed by atoms with E-state index in [1.807, 2.05) is 12.5 Å². The van der Waals surface area contributed by atoms with Crippen molar-refractivity contribution in [1.82, 2.24) is 0 Å². The molecule has 0 saturated carbocycles. The van der Waals surface area contributed by atoms with Gasteiger partial charge in [0.25, 0.3) is 0 Å². The van der Waals surface area contributed by atoms with Crippen molar-refractivity contribution < 1.29 is 9.50 Å². The summed E-state index contributed by atoms with van der Waals surface area (Å²) in [6.45, 7) is 0. The Morgan fingerprint density at radius 2 is 2.00 bits per heavy atom. The molecule has 0 aliphatic heterocycles. The number of hydrogen-bond acceptors (Lipinski definition) is 1. The molecule has 1 nitrogen and oxygen atoms in total. The second-order valence-corrected chi connectivity index (χ2v) is 4.80. The van der Waals surface area contributed by atoms with Crippen LogP contribution in [0.1, 0.15) is 0 Å². The van der Waals surface area contributed by atoms with Crippen molar-refractivity contribution in [2.45, 2.75) is 4.90 Å². The Morgan fingerprint density at radius 3 is 2.45 bits per heavy atom. The number of phenols is 1. The number of hydrogen-bond donors (Lipinski definition) is 2. The summed E-state index contributed by atoms with van der Waals surface area (Å²) in [6.07, 6.45) is 3.90. The van der Waals surface area contributed by atoms with E-state index >= 15 is 0 Å². The molecule has 0 saturated heterocycles. The average Bonchev–Trinajstić information content (AvgIpc) is 1.94. The van der Waals surface area contributed by atoms with Gasteiger partial charge in [-0.2, -0.15) is 0 Å². The fourth-order valence-electron chi connectivity index (χ4n) is 0.844. The molecule has 1 aromatic rings. The normalized spacial score (nSPS) is 11.4. The maximum atomic E-state index is 12.9. The molecular weight excluding hydrogens is 163 g/mol. The Balaban J connectivity index is 3.13. The number of halogens is 1. The third-order valence-corrected chi connectivity index (χ3v) is 2.72. The predicted octanol–water partition coefficient (Wildman–Crippen LogP) is 2.15. The average molecular weight is 174 g/mol. The van der Waals surface area contributed by atoms with E-state index < -0.39 is 10.9 Å². The van der Waals surface area contributed by atoms with Crippen molar-refractivity contribution in [3.05, 3.63) is 24.0 Å². The first-order chi connectivity index (χ1) is 5.11. The van der Waals surface area contributed by atoms with Crippen LogP contribution in [-0.2, 0) is 0 Å². The van der Waals surface area contributed by atoms with Gasteiger partial charge >= 0.3 is 0 Å². The van der Waals surface area contributed by atoms with Gasteiger partial charge in [-0.25, -0.2) is 15.3 Å². The maximum Gasteiger partial charge on any atom is 0.135 e. The molecule has 62 valence electrons. The molecule has 0 spiro atoms. The second-order valence-electron chi connectivity index (χ2n) is 2.53. The highest BCUT2D eigenvalue weighted by Gasteiger charge is 2.03. The molecule has 11 heavy (non-hydrogen) atoms. The summed E-state index contributed by atoms with van der Waals surface area (Å²) >= 11 is 0. The number of aromatic hydroxyl groups is 1. The van der Waals surface area contributed by atoms with Crippen LogP contribution in [0.2, 0.25) is 0 Å². The quantitative estimate of drug-likeness (QED) is 0.625. The van der Waals surface area contributed by atoms with Gasteiger partial charge in [0.15, 0.2) is 0 Å².